The molecule has 2 amide bonds. The largest absolute Gasteiger partial charge is 0.384 e. The van der Waals surface area contributed by atoms with Crippen LogP contribution >= 0.6 is 11.6 Å². The van der Waals surface area contributed by atoms with Gasteiger partial charge >= 0.3 is 0 Å². The van der Waals surface area contributed by atoms with Gasteiger partial charge in [0, 0.05) is 38.3 Å². The van der Waals surface area contributed by atoms with Gasteiger partial charge in [0.05, 0.1) is 18.4 Å². The van der Waals surface area contributed by atoms with Crippen LogP contribution in [-0.2, 0) is 20.7 Å². The SMILES string of the molecule is COCC1(C(=O)N2CCN(C(=O)Cc3ccc(Cl)cc3)CC2)CCNCC1. The third-order valence-electron chi connectivity index (χ3n) is 5.62. The van der Waals surface area contributed by atoms with E-state index in [0.29, 0.717) is 44.2 Å². The van der Waals surface area contributed by atoms with Gasteiger partial charge < -0.3 is 19.9 Å². The molecule has 0 bridgehead atoms. The van der Waals surface area contributed by atoms with Crippen molar-refractivity contribution >= 4 is 23.4 Å². The Morgan fingerprint density at radius 3 is 2.26 bits per heavy atom. The molecule has 2 heterocycles. The number of ether oxygens (including phenoxy) is 1. The highest BCUT2D eigenvalue weighted by atomic mass is 35.5. The van der Waals surface area contributed by atoms with Crippen molar-refractivity contribution in [3.05, 3.63) is 34.9 Å². The first-order valence-electron chi connectivity index (χ1n) is 9.55. The molecule has 3 rings (SSSR count). The maximum atomic E-state index is 13.2. The lowest BCUT2D eigenvalue weighted by atomic mass is 9.78. The van der Waals surface area contributed by atoms with Crippen molar-refractivity contribution in [2.45, 2.75) is 19.3 Å². The second-order valence-corrected chi connectivity index (χ2v) is 7.88. The molecular weight excluding hydrogens is 366 g/mol. The number of halogens is 1. The summed E-state index contributed by atoms with van der Waals surface area (Å²) in [7, 11) is 1.66. The van der Waals surface area contributed by atoms with Gasteiger partial charge in [-0.1, -0.05) is 23.7 Å². The van der Waals surface area contributed by atoms with Crippen LogP contribution in [0.4, 0.5) is 0 Å². The molecule has 27 heavy (non-hydrogen) atoms. The molecule has 0 atom stereocenters. The average molecular weight is 394 g/mol. The average Bonchev–Trinajstić information content (AvgIpc) is 2.70. The van der Waals surface area contributed by atoms with Crippen LogP contribution in [0, 0.1) is 5.41 Å². The fraction of sp³-hybridized carbons (Fsp3) is 0.600. The van der Waals surface area contributed by atoms with Crippen LogP contribution in [0.25, 0.3) is 0 Å². The van der Waals surface area contributed by atoms with E-state index in [-0.39, 0.29) is 11.8 Å². The monoisotopic (exact) mass is 393 g/mol. The van der Waals surface area contributed by atoms with Crippen LogP contribution < -0.4 is 5.32 Å². The normalized spacial score (nSPS) is 19.8. The summed E-state index contributed by atoms with van der Waals surface area (Å²) < 4.78 is 5.38. The van der Waals surface area contributed by atoms with Gasteiger partial charge in [-0.25, -0.2) is 0 Å². The van der Waals surface area contributed by atoms with Crippen molar-refractivity contribution in [2.75, 3.05) is 53.0 Å². The number of carbonyl (C=O) groups is 2. The van der Waals surface area contributed by atoms with Gasteiger partial charge in [0.25, 0.3) is 0 Å². The quantitative estimate of drug-likeness (QED) is 0.824. The maximum Gasteiger partial charge on any atom is 0.231 e. The number of piperazine rings is 1. The van der Waals surface area contributed by atoms with Gasteiger partial charge in [0.15, 0.2) is 0 Å². The Balaban J connectivity index is 1.55. The van der Waals surface area contributed by atoms with Gasteiger partial charge in [-0.15, -0.1) is 0 Å². The molecule has 2 aliphatic heterocycles. The minimum absolute atomic E-state index is 0.0953. The second kappa shape index (κ2) is 9.04. The minimum atomic E-state index is -0.421. The number of rotatable bonds is 5. The molecule has 1 N–H and O–H groups in total. The number of nitrogens with zero attached hydrogens (tertiary/aromatic N) is 2. The number of carbonyl (C=O) groups excluding carboxylic acids is 2. The summed E-state index contributed by atoms with van der Waals surface area (Å²) in [5.41, 5.74) is 0.534. The van der Waals surface area contributed by atoms with Crippen LogP contribution in [0.15, 0.2) is 24.3 Å². The second-order valence-electron chi connectivity index (χ2n) is 7.44. The highest BCUT2D eigenvalue weighted by molar-refractivity contribution is 6.30. The molecule has 2 fully saturated rings. The number of nitrogens with one attached hydrogen (secondary N) is 1. The maximum absolute atomic E-state index is 13.2. The Labute approximate surface area is 165 Å². The van der Waals surface area contributed by atoms with Gasteiger partial charge in [0.2, 0.25) is 11.8 Å². The zero-order valence-corrected chi connectivity index (χ0v) is 16.6. The summed E-state index contributed by atoms with van der Waals surface area (Å²) in [4.78, 5) is 29.5. The molecule has 0 radical (unpaired) electrons. The Morgan fingerprint density at radius 1 is 1.07 bits per heavy atom. The van der Waals surface area contributed by atoms with Crippen molar-refractivity contribution in [1.82, 2.24) is 15.1 Å². The van der Waals surface area contributed by atoms with Gasteiger partial charge in [-0.05, 0) is 43.6 Å². The molecule has 2 saturated heterocycles. The van der Waals surface area contributed by atoms with Crippen LogP contribution in [0.1, 0.15) is 18.4 Å². The van der Waals surface area contributed by atoms with Gasteiger partial charge in [-0.3, -0.25) is 9.59 Å². The molecule has 1 aromatic carbocycles. The Bertz CT molecular complexity index is 645. The van der Waals surface area contributed by atoms with E-state index >= 15 is 0 Å². The van der Waals surface area contributed by atoms with E-state index in [0.717, 1.165) is 31.5 Å². The first kappa shape index (κ1) is 20.1. The number of benzene rings is 1. The van der Waals surface area contributed by atoms with E-state index in [9.17, 15) is 9.59 Å². The topological polar surface area (TPSA) is 61.9 Å². The van der Waals surface area contributed by atoms with Crippen LogP contribution in [0.3, 0.4) is 0 Å². The number of hydrogen-bond acceptors (Lipinski definition) is 4. The zero-order valence-electron chi connectivity index (χ0n) is 15.9. The van der Waals surface area contributed by atoms with E-state index in [4.69, 9.17) is 16.3 Å². The molecule has 0 aromatic heterocycles. The summed E-state index contributed by atoms with van der Waals surface area (Å²) >= 11 is 5.89. The van der Waals surface area contributed by atoms with E-state index in [1.165, 1.54) is 0 Å². The predicted octanol–water partition coefficient (Wildman–Crippen LogP) is 1.57. The Morgan fingerprint density at radius 2 is 1.67 bits per heavy atom. The lowest BCUT2D eigenvalue weighted by Crippen LogP contribution is -2.57. The fourth-order valence-electron chi connectivity index (χ4n) is 3.98. The minimum Gasteiger partial charge on any atom is -0.384 e. The van der Waals surface area contributed by atoms with E-state index in [1.54, 1.807) is 19.2 Å². The molecule has 148 valence electrons. The first-order chi connectivity index (χ1) is 13.0. The van der Waals surface area contributed by atoms with Crippen LogP contribution in [0.5, 0.6) is 0 Å². The molecule has 1 aromatic rings. The summed E-state index contributed by atoms with van der Waals surface area (Å²) in [6.45, 7) is 4.49. The fourth-order valence-corrected chi connectivity index (χ4v) is 4.11. The predicted molar refractivity (Wildman–Crippen MR) is 105 cm³/mol. The van der Waals surface area contributed by atoms with Crippen molar-refractivity contribution in [2.24, 2.45) is 5.41 Å². The van der Waals surface area contributed by atoms with Crippen molar-refractivity contribution < 1.29 is 14.3 Å². The molecule has 0 aliphatic carbocycles. The number of methoxy groups -OCH3 is 1. The zero-order chi connectivity index (χ0) is 19.3. The van der Waals surface area contributed by atoms with Gasteiger partial charge in [0.1, 0.15) is 0 Å². The lowest BCUT2D eigenvalue weighted by molar-refractivity contribution is -0.151. The molecule has 7 heteroatoms. The molecule has 6 nitrogen and oxygen atoms in total. The highest BCUT2D eigenvalue weighted by Gasteiger charge is 2.43. The van der Waals surface area contributed by atoms with E-state index in [2.05, 4.69) is 5.32 Å². The number of amides is 2. The summed E-state index contributed by atoms with van der Waals surface area (Å²) in [5.74, 6) is 0.272. The van der Waals surface area contributed by atoms with E-state index in [1.807, 2.05) is 21.9 Å². The van der Waals surface area contributed by atoms with Gasteiger partial charge in [-0.2, -0.15) is 0 Å². The Kier molecular flexibility index (Phi) is 6.73. The summed E-state index contributed by atoms with van der Waals surface area (Å²) in [6.07, 6.45) is 1.97. The molecule has 2 aliphatic rings. The summed E-state index contributed by atoms with van der Waals surface area (Å²) in [5, 5.41) is 3.98. The molecule has 0 unspecified atom stereocenters. The van der Waals surface area contributed by atoms with Crippen molar-refractivity contribution in [3.8, 4) is 0 Å². The smallest absolute Gasteiger partial charge is 0.231 e. The standard InChI is InChI=1S/C20H28ClN3O3/c1-27-15-20(6-8-22-9-7-20)19(26)24-12-10-23(11-13-24)18(25)14-16-2-4-17(21)5-3-16/h2-5,22H,6-15H2,1H3. The number of hydrogen-bond donors (Lipinski definition) is 1. The molecule has 0 spiro atoms. The van der Waals surface area contributed by atoms with E-state index < -0.39 is 5.41 Å². The van der Waals surface area contributed by atoms with Crippen LogP contribution in [0.2, 0.25) is 5.02 Å². The highest BCUT2D eigenvalue weighted by Crippen LogP contribution is 2.32. The molecule has 0 saturated carbocycles. The number of piperidine rings is 1. The molecular formula is C20H28ClN3O3. The van der Waals surface area contributed by atoms with Crippen molar-refractivity contribution in [1.29, 1.82) is 0 Å². The first-order valence-corrected chi connectivity index (χ1v) is 9.93. The van der Waals surface area contributed by atoms with Crippen molar-refractivity contribution in [3.63, 3.8) is 0 Å². The third-order valence-corrected chi connectivity index (χ3v) is 5.88. The summed E-state index contributed by atoms with van der Waals surface area (Å²) in [6, 6.07) is 7.36. The van der Waals surface area contributed by atoms with Crippen LogP contribution in [-0.4, -0.2) is 74.6 Å². The lowest BCUT2D eigenvalue weighted by Gasteiger charge is -2.42. The third kappa shape index (κ3) is 4.81. The Hall–Kier alpha value is -1.63.